The van der Waals surface area contributed by atoms with E-state index >= 15 is 0 Å². The van der Waals surface area contributed by atoms with Gasteiger partial charge in [0.2, 0.25) is 0 Å². The summed E-state index contributed by atoms with van der Waals surface area (Å²) in [5.41, 5.74) is 4.49. The molecular formula is C23H30N2O2S. The molecule has 1 aromatic heterocycles. The topological polar surface area (TPSA) is 24.9 Å². The molecule has 4 heterocycles. The van der Waals surface area contributed by atoms with Crippen molar-refractivity contribution in [3.63, 3.8) is 0 Å². The number of morpholine rings is 1. The zero-order valence-electron chi connectivity index (χ0n) is 16.5. The number of fused-ring (bicyclic) bond motifs is 3. The molecule has 4 nitrogen and oxygen atoms in total. The molecule has 0 bridgehead atoms. The zero-order chi connectivity index (χ0) is 18.8. The predicted octanol–water partition coefficient (Wildman–Crippen LogP) is 4.13. The molecule has 5 rings (SSSR count). The molecule has 2 saturated heterocycles. The number of benzene rings is 1. The summed E-state index contributed by atoms with van der Waals surface area (Å²) in [7, 11) is 0. The van der Waals surface area contributed by atoms with Crippen molar-refractivity contribution in [3.8, 4) is 5.75 Å². The van der Waals surface area contributed by atoms with Gasteiger partial charge in [-0.1, -0.05) is 6.07 Å². The Kier molecular flexibility index (Phi) is 5.68. The highest BCUT2D eigenvalue weighted by Gasteiger charge is 2.36. The van der Waals surface area contributed by atoms with Gasteiger partial charge in [0.15, 0.2) is 0 Å². The first kappa shape index (κ1) is 18.6. The Balaban J connectivity index is 1.27. The minimum absolute atomic E-state index is 0.506. The monoisotopic (exact) mass is 398 g/mol. The van der Waals surface area contributed by atoms with E-state index < -0.39 is 0 Å². The molecule has 2 atom stereocenters. The molecule has 3 aliphatic heterocycles. The minimum atomic E-state index is 0.506. The highest BCUT2D eigenvalue weighted by atomic mass is 32.1. The van der Waals surface area contributed by atoms with Gasteiger partial charge >= 0.3 is 0 Å². The van der Waals surface area contributed by atoms with Crippen molar-refractivity contribution in [2.45, 2.75) is 31.2 Å². The van der Waals surface area contributed by atoms with E-state index in [0.29, 0.717) is 12.0 Å². The van der Waals surface area contributed by atoms with Crippen LogP contribution in [0.3, 0.4) is 0 Å². The van der Waals surface area contributed by atoms with Crippen LogP contribution in [0.1, 0.15) is 47.9 Å². The fourth-order valence-electron chi connectivity index (χ4n) is 5.04. The average molecular weight is 399 g/mol. The first-order valence-electron chi connectivity index (χ1n) is 10.7. The van der Waals surface area contributed by atoms with Gasteiger partial charge in [-0.25, -0.2) is 0 Å². The van der Waals surface area contributed by atoms with Crippen LogP contribution in [0.2, 0.25) is 0 Å². The van der Waals surface area contributed by atoms with Crippen LogP contribution in [0.4, 0.5) is 0 Å². The van der Waals surface area contributed by atoms with Crippen LogP contribution < -0.4 is 4.74 Å². The summed E-state index contributed by atoms with van der Waals surface area (Å²) in [5, 5.41) is 4.53. The van der Waals surface area contributed by atoms with Crippen LogP contribution in [0.25, 0.3) is 0 Å². The number of thiophene rings is 1. The third-order valence-corrected chi connectivity index (χ3v) is 7.21. The number of hydrogen-bond donors (Lipinski definition) is 0. The van der Waals surface area contributed by atoms with Crippen LogP contribution in [0.15, 0.2) is 35.0 Å². The standard InChI is InChI=1S/C23H30N2O2S/c1-3-23-21-15-19(27-11-2-7-24-9-12-26-13-10-24)4-5-20(21)22(16-25(23)8-1)18-6-14-28-17-18/h4-6,14-15,17,22-23H,1-3,7-13,16H2/t22-,23+/m0/s1. The fraction of sp³-hybridized carbons (Fsp3) is 0.565. The molecule has 5 heteroatoms. The van der Waals surface area contributed by atoms with E-state index in [4.69, 9.17) is 9.47 Å². The summed E-state index contributed by atoms with van der Waals surface area (Å²) in [6.45, 7) is 8.14. The Morgan fingerprint density at radius 2 is 2.04 bits per heavy atom. The molecule has 2 aromatic rings. The van der Waals surface area contributed by atoms with Crippen molar-refractivity contribution < 1.29 is 9.47 Å². The van der Waals surface area contributed by atoms with Gasteiger partial charge in [0.1, 0.15) is 5.75 Å². The molecule has 0 N–H and O–H groups in total. The number of rotatable bonds is 6. The summed E-state index contributed by atoms with van der Waals surface area (Å²) in [5.74, 6) is 1.55. The predicted molar refractivity (Wildman–Crippen MR) is 114 cm³/mol. The zero-order valence-corrected chi connectivity index (χ0v) is 17.3. The molecule has 0 aliphatic carbocycles. The lowest BCUT2D eigenvalue weighted by molar-refractivity contribution is 0.0358. The molecule has 3 aliphatic rings. The molecule has 0 radical (unpaired) electrons. The first-order chi connectivity index (χ1) is 13.9. The van der Waals surface area contributed by atoms with E-state index in [9.17, 15) is 0 Å². The van der Waals surface area contributed by atoms with Crippen LogP contribution in [-0.4, -0.2) is 62.3 Å². The Morgan fingerprint density at radius 1 is 1.11 bits per heavy atom. The molecule has 0 unspecified atom stereocenters. The second-order valence-corrected chi connectivity index (χ2v) is 8.99. The number of ether oxygens (including phenoxy) is 2. The SMILES string of the molecule is c1cc([C@@H]2CN3CCC[C@@H]3c3cc(OCCCN4CCOCC4)ccc32)cs1. The van der Waals surface area contributed by atoms with Crippen molar-refractivity contribution >= 4 is 11.3 Å². The first-order valence-corrected chi connectivity index (χ1v) is 11.7. The van der Waals surface area contributed by atoms with Gasteiger partial charge in [-0.15, -0.1) is 0 Å². The van der Waals surface area contributed by atoms with Gasteiger partial charge < -0.3 is 9.47 Å². The van der Waals surface area contributed by atoms with Crippen molar-refractivity contribution in [2.75, 3.05) is 52.5 Å². The van der Waals surface area contributed by atoms with Gasteiger partial charge in [0, 0.05) is 38.1 Å². The second-order valence-electron chi connectivity index (χ2n) is 8.21. The quantitative estimate of drug-likeness (QED) is 0.683. The van der Waals surface area contributed by atoms with E-state index in [1.165, 1.54) is 36.1 Å². The van der Waals surface area contributed by atoms with E-state index in [0.717, 1.165) is 58.2 Å². The molecule has 0 saturated carbocycles. The van der Waals surface area contributed by atoms with E-state index in [2.05, 4.69) is 44.8 Å². The van der Waals surface area contributed by atoms with Crippen LogP contribution in [-0.2, 0) is 4.74 Å². The Bertz CT molecular complexity index is 773. The van der Waals surface area contributed by atoms with Crippen molar-refractivity contribution in [1.29, 1.82) is 0 Å². The number of nitrogens with zero attached hydrogens (tertiary/aromatic N) is 2. The lowest BCUT2D eigenvalue weighted by atomic mass is 9.82. The fourth-order valence-corrected chi connectivity index (χ4v) is 5.75. The summed E-state index contributed by atoms with van der Waals surface area (Å²) >= 11 is 1.81. The Hall–Kier alpha value is -1.40. The van der Waals surface area contributed by atoms with Gasteiger partial charge in [-0.05, 0) is 71.5 Å². The van der Waals surface area contributed by atoms with Crippen molar-refractivity contribution in [3.05, 3.63) is 51.7 Å². The number of hydrogen-bond acceptors (Lipinski definition) is 5. The maximum absolute atomic E-state index is 6.16. The summed E-state index contributed by atoms with van der Waals surface area (Å²) < 4.78 is 11.6. The lowest BCUT2D eigenvalue weighted by Gasteiger charge is -2.37. The molecule has 0 amide bonds. The summed E-state index contributed by atoms with van der Waals surface area (Å²) in [6, 6.07) is 9.75. The van der Waals surface area contributed by atoms with Crippen molar-refractivity contribution in [2.24, 2.45) is 0 Å². The highest BCUT2D eigenvalue weighted by Crippen LogP contribution is 2.45. The molecular weight excluding hydrogens is 368 g/mol. The highest BCUT2D eigenvalue weighted by molar-refractivity contribution is 7.08. The Labute approximate surface area is 172 Å². The average Bonchev–Trinajstić information content (AvgIpc) is 3.43. The van der Waals surface area contributed by atoms with Crippen LogP contribution in [0.5, 0.6) is 5.75 Å². The van der Waals surface area contributed by atoms with Crippen molar-refractivity contribution in [1.82, 2.24) is 9.80 Å². The molecule has 150 valence electrons. The normalized spacial score (nSPS) is 25.4. The third-order valence-electron chi connectivity index (χ3n) is 6.51. The second kappa shape index (κ2) is 8.54. The molecule has 28 heavy (non-hydrogen) atoms. The van der Waals surface area contributed by atoms with Crippen LogP contribution in [0, 0.1) is 0 Å². The smallest absolute Gasteiger partial charge is 0.119 e. The summed E-state index contributed by atoms with van der Waals surface area (Å²) in [6.07, 6.45) is 3.67. The largest absolute Gasteiger partial charge is 0.494 e. The molecule has 2 fully saturated rings. The third kappa shape index (κ3) is 3.86. The van der Waals surface area contributed by atoms with E-state index in [1.54, 1.807) is 11.3 Å². The lowest BCUT2D eigenvalue weighted by Crippen LogP contribution is -2.37. The van der Waals surface area contributed by atoms with E-state index in [1.807, 2.05) is 0 Å². The minimum Gasteiger partial charge on any atom is -0.494 e. The Morgan fingerprint density at radius 3 is 2.89 bits per heavy atom. The maximum Gasteiger partial charge on any atom is 0.119 e. The summed E-state index contributed by atoms with van der Waals surface area (Å²) in [4.78, 5) is 5.16. The maximum atomic E-state index is 6.16. The van der Waals surface area contributed by atoms with Gasteiger partial charge in [-0.2, -0.15) is 11.3 Å². The van der Waals surface area contributed by atoms with Gasteiger partial charge in [-0.3, -0.25) is 9.80 Å². The van der Waals surface area contributed by atoms with Gasteiger partial charge in [0.05, 0.1) is 19.8 Å². The van der Waals surface area contributed by atoms with Crippen LogP contribution >= 0.6 is 11.3 Å². The molecule has 0 spiro atoms. The molecule has 1 aromatic carbocycles. The van der Waals surface area contributed by atoms with E-state index in [-0.39, 0.29) is 0 Å². The van der Waals surface area contributed by atoms with Gasteiger partial charge in [0.25, 0.3) is 0 Å².